The minimum absolute atomic E-state index is 1.00. The van der Waals surface area contributed by atoms with Gasteiger partial charge in [0.25, 0.3) is 0 Å². The molecule has 0 N–H and O–H groups in total. The summed E-state index contributed by atoms with van der Waals surface area (Å²) in [5.41, 5.74) is 0. The molecule has 1 rings (SSSR count). The average molecular weight is 124 g/mol. The van der Waals surface area contributed by atoms with Crippen LogP contribution in [0, 0.1) is 5.92 Å². The van der Waals surface area contributed by atoms with Crippen molar-refractivity contribution < 1.29 is 0 Å². The van der Waals surface area contributed by atoms with E-state index in [2.05, 4.69) is 20.7 Å². The van der Waals surface area contributed by atoms with E-state index in [1.165, 1.54) is 19.2 Å². The van der Waals surface area contributed by atoms with Crippen LogP contribution in [0.15, 0.2) is 0 Å². The molecule has 0 amide bonds. The lowest BCUT2D eigenvalue weighted by molar-refractivity contribution is 0.591. The summed E-state index contributed by atoms with van der Waals surface area (Å²) in [6, 6.07) is 0. The zero-order chi connectivity index (χ0) is 6.85. The summed E-state index contributed by atoms with van der Waals surface area (Å²) >= 11 is 0. The van der Waals surface area contributed by atoms with Crippen LogP contribution in [0.2, 0.25) is 19.0 Å². The minimum atomic E-state index is 1.00. The van der Waals surface area contributed by atoms with E-state index in [4.69, 9.17) is 0 Å². The van der Waals surface area contributed by atoms with Crippen molar-refractivity contribution in [3.63, 3.8) is 0 Å². The largest absolute Gasteiger partial charge is 0.140 e. The Kier molecular flexibility index (Phi) is 2.20. The molecule has 0 aliphatic carbocycles. The van der Waals surface area contributed by atoms with E-state index in [-0.39, 0.29) is 0 Å². The van der Waals surface area contributed by atoms with Gasteiger partial charge < -0.3 is 0 Å². The van der Waals surface area contributed by atoms with Crippen molar-refractivity contribution in [3.05, 3.63) is 0 Å². The first kappa shape index (κ1) is 7.18. The first-order chi connectivity index (χ1) is 4.24. The Morgan fingerprint density at radius 3 is 2.44 bits per heavy atom. The topological polar surface area (TPSA) is 0 Å². The summed E-state index contributed by atoms with van der Waals surface area (Å²) in [7, 11) is 0. The maximum Gasteiger partial charge on any atom is 0.140 e. The van der Waals surface area contributed by atoms with Crippen LogP contribution in [0.4, 0.5) is 0 Å². The maximum absolute atomic E-state index is 2.40. The second-order valence-electron chi connectivity index (χ2n) is 3.72. The molecule has 1 heterocycles. The zero-order valence-corrected chi connectivity index (χ0v) is 6.85. The van der Waals surface area contributed by atoms with Crippen molar-refractivity contribution in [1.29, 1.82) is 0 Å². The molecule has 0 aromatic heterocycles. The third-order valence-corrected chi connectivity index (χ3v) is 2.81. The first-order valence-electron chi connectivity index (χ1n) is 4.24. The zero-order valence-electron chi connectivity index (χ0n) is 6.85. The van der Waals surface area contributed by atoms with Crippen LogP contribution in [-0.2, 0) is 0 Å². The SMILES string of the molecule is CCC1CC(C)CB1C. The fourth-order valence-electron chi connectivity index (χ4n) is 2.24. The Hall–Kier alpha value is 0.0649. The van der Waals surface area contributed by atoms with E-state index in [9.17, 15) is 0 Å². The molecule has 0 aromatic carbocycles. The lowest BCUT2D eigenvalue weighted by Crippen LogP contribution is -2.06. The molecule has 52 valence electrons. The standard InChI is InChI=1S/C8H17B/c1-4-8-5-7(2)6-9(8)3/h7-8H,4-6H2,1-3H3. The summed E-state index contributed by atoms with van der Waals surface area (Å²) in [6.07, 6.45) is 4.35. The summed E-state index contributed by atoms with van der Waals surface area (Å²) in [5, 5.41) is 0. The molecular formula is C8H17B. The summed E-state index contributed by atoms with van der Waals surface area (Å²) in [4.78, 5) is 0. The van der Waals surface area contributed by atoms with Gasteiger partial charge in [0.15, 0.2) is 0 Å². The Balaban J connectivity index is 2.38. The van der Waals surface area contributed by atoms with Gasteiger partial charge in [-0.1, -0.05) is 51.6 Å². The Morgan fingerprint density at radius 1 is 1.56 bits per heavy atom. The molecular weight excluding hydrogens is 107 g/mol. The molecule has 0 aromatic rings. The number of hydrogen-bond acceptors (Lipinski definition) is 0. The van der Waals surface area contributed by atoms with Crippen molar-refractivity contribution >= 4 is 6.71 Å². The summed E-state index contributed by atoms with van der Waals surface area (Å²) in [5.74, 6) is 2.05. The van der Waals surface area contributed by atoms with Gasteiger partial charge in [0.05, 0.1) is 0 Å². The number of rotatable bonds is 1. The van der Waals surface area contributed by atoms with Gasteiger partial charge in [-0.3, -0.25) is 0 Å². The van der Waals surface area contributed by atoms with Crippen LogP contribution in [0.3, 0.4) is 0 Å². The van der Waals surface area contributed by atoms with Gasteiger partial charge in [0, 0.05) is 0 Å². The van der Waals surface area contributed by atoms with Gasteiger partial charge in [-0.25, -0.2) is 0 Å². The lowest BCUT2D eigenvalue weighted by atomic mass is 9.44. The highest BCUT2D eigenvalue weighted by atomic mass is 14.2. The second-order valence-corrected chi connectivity index (χ2v) is 3.72. The molecule has 0 radical (unpaired) electrons. The highest BCUT2D eigenvalue weighted by molar-refractivity contribution is 6.59. The fraction of sp³-hybridized carbons (Fsp3) is 1.00. The van der Waals surface area contributed by atoms with Crippen molar-refractivity contribution in [2.75, 3.05) is 0 Å². The lowest BCUT2D eigenvalue weighted by Gasteiger charge is -2.07. The van der Waals surface area contributed by atoms with E-state index < -0.39 is 0 Å². The fourth-order valence-corrected chi connectivity index (χ4v) is 2.24. The minimum Gasteiger partial charge on any atom is -0.0859 e. The Labute approximate surface area is 59.1 Å². The van der Waals surface area contributed by atoms with E-state index in [1.807, 2.05) is 0 Å². The highest BCUT2D eigenvalue weighted by Crippen LogP contribution is 2.37. The highest BCUT2D eigenvalue weighted by Gasteiger charge is 2.29. The monoisotopic (exact) mass is 124 g/mol. The van der Waals surface area contributed by atoms with Gasteiger partial charge in [-0.15, -0.1) is 0 Å². The van der Waals surface area contributed by atoms with Gasteiger partial charge in [0.1, 0.15) is 6.71 Å². The van der Waals surface area contributed by atoms with Crippen LogP contribution in [0.1, 0.15) is 26.7 Å². The van der Waals surface area contributed by atoms with Gasteiger partial charge in [-0.2, -0.15) is 0 Å². The first-order valence-corrected chi connectivity index (χ1v) is 4.24. The summed E-state index contributed by atoms with van der Waals surface area (Å²) < 4.78 is 0. The predicted octanol–water partition coefficient (Wildman–Crippen LogP) is 2.93. The molecule has 1 aliphatic rings. The van der Waals surface area contributed by atoms with Crippen LogP contribution < -0.4 is 0 Å². The molecule has 0 nitrogen and oxygen atoms in total. The quantitative estimate of drug-likeness (QED) is 0.471. The van der Waals surface area contributed by atoms with Crippen LogP contribution >= 0.6 is 0 Å². The van der Waals surface area contributed by atoms with Crippen molar-refractivity contribution in [1.82, 2.24) is 0 Å². The molecule has 9 heavy (non-hydrogen) atoms. The molecule has 0 saturated carbocycles. The smallest absolute Gasteiger partial charge is 0.0859 e. The summed E-state index contributed by atoms with van der Waals surface area (Å²) in [6.45, 7) is 8.10. The van der Waals surface area contributed by atoms with Crippen LogP contribution in [0.5, 0.6) is 0 Å². The van der Waals surface area contributed by atoms with E-state index >= 15 is 0 Å². The molecule has 2 atom stereocenters. The maximum atomic E-state index is 2.40. The molecule has 0 bridgehead atoms. The molecule has 0 spiro atoms. The average Bonchev–Trinajstić information content (AvgIpc) is 2.10. The third-order valence-electron chi connectivity index (χ3n) is 2.81. The number of hydrogen-bond donors (Lipinski definition) is 0. The van der Waals surface area contributed by atoms with Gasteiger partial charge >= 0.3 is 0 Å². The Bertz CT molecular complexity index is 90.6. The van der Waals surface area contributed by atoms with E-state index in [1.54, 1.807) is 0 Å². The molecule has 1 aliphatic heterocycles. The second kappa shape index (κ2) is 2.77. The predicted molar refractivity (Wildman–Crippen MR) is 44.2 cm³/mol. The Morgan fingerprint density at radius 2 is 2.22 bits per heavy atom. The normalized spacial score (nSPS) is 35.7. The molecule has 1 fully saturated rings. The van der Waals surface area contributed by atoms with Crippen molar-refractivity contribution in [2.45, 2.75) is 45.6 Å². The van der Waals surface area contributed by atoms with Gasteiger partial charge in [-0.05, 0) is 0 Å². The molecule has 2 unspecified atom stereocenters. The van der Waals surface area contributed by atoms with Crippen LogP contribution in [0.25, 0.3) is 0 Å². The van der Waals surface area contributed by atoms with Gasteiger partial charge in [0.2, 0.25) is 0 Å². The van der Waals surface area contributed by atoms with E-state index in [0.29, 0.717) is 0 Å². The molecule has 1 saturated heterocycles. The molecule has 1 heteroatoms. The van der Waals surface area contributed by atoms with Crippen molar-refractivity contribution in [2.24, 2.45) is 5.92 Å². The van der Waals surface area contributed by atoms with E-state index in [0.717, 1.165) is 18.4 Å². The third kappa shape index (κ3) is 1.50. The van der Waals surface area contributed by atoms with Crippen LogP contribution in [-0.4, -0.2) is 6.71 Å². The van der Waals surface area contributed by atoms with Crippen molar-refractivity contribution in [3.8, 4) is 0 Å².